The molecule has 0 amide bonds. The van der Waals surface area contributed by atoms with E-state index in [0.717, 1.165) is 75.7 Å². The van der Waals surface area contributed by atoms with Gasteiger partial charge in [0.05, 0.1) is 12.5 Å². The Morgan fingerprint density at radius 3 is 2.81 bits per heavy atom. The zero-order chi connectivity index (χ0) is 25.6. The van der Waals surface area contributed by atoms with E-state index >= 15 is 0 Å². The lowest BCUT2D eigenvalue weighted by Crippen LogP contribution is -2.47. The van der Waals surface area contributed by atoms with Crippen molar-refractivity contribution in [3.05, 3.63) is 17.0 Å². The summed E-state index contributed by atoms with van der Waals surface area (Å²) in [4.78, 5) is 25.3. The first kappa shape index (κ1) is 25.8. The predicted octanol–water partition coefficient (Wildman–Crippen LogP) is 3.66. The number of ether oxygens (including phenoxy) is 2. The molecule has 198 valence electrons. The van der Waals surface area contributed by atoms with E-state index in [1.807, 2.05) is 13.8 Å². The normalized spacial score (nSPS) is 37.8. The van der Waals surface area contributed by atoms with Gasteiger partial charge in [0.25, 0.3) is 5.72 Å². The molecule has 5 atom stereocenters. The third-order valence-electron chi connectivity index (χ3n) is 9.33. The topological polar surface area (TPSA) is 97.1 Å². The smallest absolute Gasteiger partial charge is 0.268 e. The summed E-state index contributed by atoms with van der Waals surface area (Å²) in [5, 5.41) is 13.9. The van der Waals surface area contributed by atoms with E-state index in [2.05, 4.69) is 27.1 Å². The van der Waals surface area contributed by atoms with Crippen LogP contribution in [0.3, 0.4) is 0 Å². The third kappa shape index (κ3) is 3.53. The van der Waals surface area contributed by atoms with Gasteiger partial charge in [-0.1, -0.05) is 30.6 Å². The number of hydrogen-bond acceptors (Lipinski definition) is 8. The van der Waals surface area contributed by atoms with Crippen LogP contribution in [0.2, 0.25) is 5.15 Å². The number of oxime groups is 1. The molecular weight excluding hydrogens is 482 g/mol. The van der Waals surface area contributed by atoms with E-state index < -0.39 is 11.5 Å². The average Bonchev–Trinajstić information content (AvgIpc) is 3.11. The van der Waals surface area contributed by atoms with Gasteiger partial charge in [0, 0.05) is 24.9 Å². The largest absolute Gasteiger partial charge is 0.476 e. The molecule has 3 spiro atoms. The molecule has 1 aromatic heterocycles. The molecule has 5 heterocycles. The summed E-state index contributed by atoms with van der Waals surface area (Å²) in [6.45, 7) is 8.10. The van der Waals surface area contributed by atoms with Crippen LogP contribution >= 0.6 is 11.6 Å². The molecule has 1 N–H and O–H groups in total. The Bertz CT molecular complexity index is 1040. The number of rotatable bonds is 5. The highest BCUT2D eigenvalue weighted by Crippen LogP contribution is 2.72. The number of likely N-dealkylation sites (tertiary alicyclic amines) is 1. The standard InChI is InChI=1S/C24H32ClN5O4.C2H6/c1-29-10-4-6-16(29)15-33-19-14-18(25)26-22(27-19)20(28-32)17-7-5-11-30-12-13-34-24(30)9-3-2-8-23(24,30)21(17)31;1-2/h14,16-17H,2-13,15H2,1H3;1-2H3/p+1. The number of likely N-dealkylation sites (N-methyl/N-ethyl adjacent to an activating group) is 1. The summed E-state index contributed by atoms with van der Waals surface area (Å²) in [7, 11) is 2.09. The first-order valence-corrected chi connectivity index (χ1v) is 14.0. The van der Waals surface area contributed by atoms with E-state index in [1.165, 1.54) is 0 Å². The summed E-state index contributed by atoms with van der Waals surface area (Å²) >= 11 is 6.32. The number of Topliss-reactive ketones (excluding diaryl/α,β-unsaturated/α-hetero) is 1. The fraction of sp³-hybridized carbons (Fsp3) is 0.769. The van der Waals surface area contributed by atoms with Crippen molar-refractivity contribution < 1.29 is 24.0 Å². The van der Waals surface area contributed by atoms with Crippen molar-refractivity contribution in [2.24, 2.45) is 11.1 Å². The van der Waals surface area contributed by atoms with Crippen LogP contribution in [-0.4, -0.2) is 93.3 Å². The lowest BCUT2D eigenvalue weighted by molar-refractivity contribution is -0.844. The maximum Gasteiger partial charge on any atom is 0.268 e. The number of quaternary nitrogens is 1. The Morgan fingerprint density at radius 1 is 1.25 bits per heavy atom. The van der Waals surface area contributed by atoms with Gasteiger partial charge in [0.1, 0.15) is 30.6 Å². The number of carbonyl (C=O) groups excluding carboxylic acids is 1. The van der Waals surface area contributed by atoms with Gasteiger partial charge in [0.15, 0.2) is 5.82 Å². The Hall–Kier alpha value is -1.81. The second kappa shape index (κ2) is 9.82. The number of carbonyl (C=O) groups is 1. The van der Waals surface area contributed by atoms with Gasteiger partial charge < -0.3 is 19.6 Å². The maximum absolute atomic E-state index is 14.2. The monoisotopic (exact) mass is 520 g/mol. The Kier molecular flexibility index (Phi) is 7.04. The number of halogens is 1. The van der Waals surface area contributed by atoms with Crippen molar-refractivity contribution in [2.75, 3.05) is 39.9 Å². The number of aromatic nitrogens is 2. The van der Waals surface area contributed by atoms with Crippen molar-refractivity contribution in [3.8, 4) is 5.88 Å². The van der Waals surface area contributed by atoms with Gasteiger partial charge in [-0.2, -0.15) is 4.98 Å². The molecule has 36 heavy (non-hydrogen) atoms. The SMILES string of the molecule is CC.CN1CCCC1COc1cc(Cl)nc(/C(=N\O)C2CCC[N+]34CCOC35CCCCC54C2=O)n1. The van der Waals surface area contributed by atoms with Crippen LogP contribution in [0, 0.1) is 5.92 Å². The second-order valence-corrected chi connectivity index (χ2v) is 11.0. The van der Waals surface area contributed by atoms with Crippen LogP contribution in [0.15, 0.2) is 11.2 Å². The third-order valence-corrected chi connectivity index (χ3v) is 9.52. The van der Waals surface area contributed by atoms with Crippen LogP contribution in [0.5, 0.6) is 5.88 Å². The number of ketones is 1. The molecule has 0 radical (unpaired) electrons. The summed E-state index contributed by atoms with van der Waals surface area (Å²) < 4.78 is 13.1. The summed E-state index contributed by atoms with van der Waals surface area (Å²) in [6.07, 6.45) is 7.58. The number of morpholine rings is 1. The van der Waals surface area contributed by atoms with Crippen molar-refractivity contribution in [1.82, 2.24) is 14.9 Å². The molecule has 10 heteroatoms. The van der Waals surface area contributed by atoms with Crippen molar-refractivity contribution in [3.63, 3.8) is 0 Å². The molecule has 1 aliphatic carbocycles. The number of hydrogen-bond donors (Lipinski definition) is 1. The van der Waals surface area contributed by atoms with Gasteiger partial charge in [-0.05, 0) is 52.1 Å². The van der Waals surface area contributed by atoms with E-state index in [9.17, 15) is 10.0 Å². The highest BCUT2D eigenvalue weighted by Gasteiger charge is 2.97. The second-order valence-electron chi connectivity index (χ2n) is 10.6. The molecule has 6 rings (SSSR count). The fourth-order valence-electron chi connectivity index (χ4n) is 7.83. The van der Waals surface area contributed by atoms with Crippen molar-refractivity contribution >= 4 is 23.1 Å². The minimum absolute atomic E-state index is 0.121. The van der Waals surface area contributed by atoms with Crippen LogP contribution < -0.4 is 4.74 Å². The Labute approximate surface area is 218 Å². The summed E-state index contributed by atoms with van der Waals surface area (Å²) in [5.74, 6) is 0.0399. The molecule has 4 aliphatic heterocycles. The van der Waals surface area contributed by atoms with Crippen molar-refractivity contribution in [1.29, 1.82) is 0 Å². The fourth-order valence-corrected chi connectivity index (χ4v) is 8.01. The highest BCUT2D eigenvalue weighted by molar-refractivity contribution is 6.29. The van der Waals surface area contributed by atoms with Gasteiger partial charge in [0.2, 0.25) is 17.2 Å². The van der Waals surface area contributed by atoms with Crippen molar-refractivity contribution in [2.45, 2.75) is 82.5 Å². The minimum Gasteiger partial charge on any atom is -0.476 e. The molecule has 9 nitrogen and oxygen atoms in total. The molecule has 0 bridgehead atoms. The summed E-state index contributed by atoms with van der Waals surface area (Å²) in [6, 6.07) is 1.90. The molecule has 4 saturated heterocycles. The molecule has 0 aromatic carbocycles. The maximum atomic E-state index is 14.2. The zero-order valence-electron chi connectivity index (χ0n) is 21.7. The summed E-state index contributed by atoms with van der Waals surface area (Å²) in [5.41, 5.74) is -0.708. The van der Waals surface area contributed by atoms with Crippen LogP contribution in [0.1, 0.15) is 71.0 Å². The molecular formula is C26H39ClN5O4+. The Balaban J connectivity index is 0.00000130. The zero-order valence-corrected chi connectivity index (χ0v) is 22.5. The van der Waals surface area contributed by atoms with E-state index in [1.54, 1.807) is 6.07 Å². The lowest BCUT2D eigenvalue weighted by atomic mass is 9.76. The molecule has 5 fully saturated rings. The first-order chi connectivity index (χ1) is 17.5. The molecule has 5 aliphatic rings. The van der Waals surface area contributed by atoms with E-state index in [4.69, 9.17) is 21.1 Å². The van der Waals surface area contributed by atoms with Gasteiger partial charge >= 0.3 is 0 Å². The molecule has 5 unspecified atom stereocenters. The minimum atomic E-state index is -0.584. The van der Waals surface area contributed by atoms with Gasteiger partial charge in [-0.25, -0.2) is 4.98 Å². The quantitative estimate of drug-likeness (QED) is 0.158. The first-order valence-electron chi connectivity index (χ1n) is 13.6. The molecule has 1 aromatic rings. The predicted molar refractivity (Wildman–Crippen MR) is 135 cm³/mol. The Morgan fingerprint density at radius 2 is 2.06 bits per heavy atom. The lowest BCUT2D eigenvalue weighted by Gasteiger charge is -2.24. The average molecular weight is 521 g/mol. The van der Waals surface area contributed by atoms with Gasteiger partial charge in [-0.3, -0.25) is 9.28 Å². The van der Waals surface area contributed by atoms with Crippen LogP contribution in [0.4, 0.5) is 0 Å². The van der Waals surface area contributed by atoms with Crippen LogP contribution in [0.25, 0.3) is 0 Å². The van der Waals surface area contributed by atoms with E-state index in [-0.39, 0.29) is 28.2 Å². The van der Waals surface area contributed by atoms with Crippen LogP contribution in [-0.2, 0) is 9.53 Å². The number of nitrogens with zero attached hydrogens (tertiary/aromatic N) is 5. The molecule has 1 saturated carbocycles. The van der Waals surface area contributed by atoms with E-state index in [0.29, 0.717) is 24.9 Å². The van der Waals surface area contributed by atoms with Gasteiger partial charge in [-0.15, -0.1) is 0 Å². The highest BCUT2D eigenvalue weighted by atomic mass is 35.5.